The highest BCUT2D eigenvalue weighted by Gasteiger charge is 2.34. The summed E-state index contributed by atoms with van der Waals surface area (Å²) in [5, 5.41) is 6.66. The molecule has 3 aromatic heterocycles. The van der Waals surface area contributed by atoms with E-state index in [0.29, 0.717) is 24.7 Å². The van der Waals surface area contributed by atoms with E-state index in [4.69, 9.17) is 0 Å². The summed E-state index contributed by atoms with van der Waals surface area (Å²) in [7, 11) is 0. The van der Waals surface area contributed by atoms with E-state index in [2.05, 4.69) is 25.4 Å². The Kier molecular flexibility index (Phi) is 3.80. The highest BCUT2D eigenvalue weighted by atomic mass is 16.2. The lowest BCUT2D eigenvalue weighted by molar-refractivity contribution is -0.120. The molecule has 11 heteroatoms. The molecule has 132 valence electrons. The minimum absolute atomic E-state index is 0.0743. The predicted octanol–water partition coefficient (Wildman–Crippen LogP) is -0.886. The van der Waals surface area contributed by atoms with Crippen LogP contribution in [-0.4, -0.2) is 48.7 Å². The van der Waals surface area contributed by atoms with Gasteiger partial charge < -0.3 is 10.2 Å². The number of carbonyl (C=O) groups is 1. The number of hydrogen-bond acceptors (Lipinski definition) is 7. The molecule has 0 spiro atoms. The van der Waals surface area contributed by atoms with Crippen LogP contribution in [0.2, 0.25) is 0 Å². The van der Waals surface area contributed by atoms with Crippen LogP contribution in [0.25, 0.3) is 5.82 Å². The Bertz CT molecular complexity index is 1020. The van der Waals surface area contributed by atoms with Gasteiger partial charge in [-0.25, -0.2) is 19.4 Å². The van der Waals surface area contributed by atoms with Crippen LogP contribution in [0.5, 0.6) is 0 Å². The lowest BCUT2D eigenvalue weighted by Gasteiger charge is -2.38. The van der Waals surface area contributed by atoms with E-state index in [1.165, 1.54) is 6.33 Å². The zero-order valence-electron chi connectivity index (χ0n) is 13.4. The van der Waals surface area contributed by atoms with Gasteiger partial charge in [-0.3, -0.25) is 19.6 Å². The van der Waals surface area contributed by atoms with Crippen LogP contribution >= 0.6 is 0 Å². The molecule has 3 aromatic rings. The number of nitrogens with zero attached hydrogens (tertiary/aromatic N) is 5. The summed E-state index contributed by atoms with van der Waals surface area (Å²) >= 11 is 0. The van der Waals surface area contributed by atoms with Gasteiger partial charge in [0, 0.05) is 37.6 Å². The zero-order chi connectivity index (χ0) is 18.1. The second-order valence-corrected chi connectivity index (χ2v) is 5.78. The number of anilines is 2. The first-order valence-electron chi connectivity index (χ1n) is 7.80. The Balaban J connectivity index is 1.41. The summed E-state index contributed by atoms with van der Waals surface area (Å²) in [5.74, 6) is 0.850. The summed E-state index contributed by atoms with van der Waals surface area (Å²) in [4.78, 5) is 49.4. The number of amides is 1. The normalized spacial score (nSPS) is 14.1. The number of rotatable bonds is 4. The quantitative estimate of drug-likeness (QED) is 0.552. The van der Waals surface area contributed by atoms with Crippen molar-refractivity contribution >= 4 is 17.5 Å². The molecule has 1 saturated heterocycles. The maximum absolute atomic E-state index is 12.2. The average molecular weight is 354 g/mol. The number of aromatic nitrogens is 6. The first kappa shape index (κ1) is 15.7. The molecule has 4 heterocycles. The average Bonchev–Trinajstić information content (AvgIpc) is 3.07. The molecular weight excluding hydrogens is 340 g/mol. The second-order valence-electron chi connectivity index (χ2n) is 5.78. The standard InChI is InChI=1S/C15H14N8O3/c24-13-4-10(20-15(26)21-13)19-14(25)9-6-22(7-9)11-5-12(17-8-16-11)23-3-1-2-18-23/h1-5,8-9H,6-7H2,(H3,19,20,21,24,25,26). The molecule has 1 amide bonds. The van der Waals surface area contributed by atoms with Crippen LogP contribution in [0.1, 0.15) is 0 Å². The monoisotopic (exact) mass is 354 g/mol. The van der Waals surface area contributed by atoms with Crippen molar-refractivity contribution in [3.63, 3.8) is 0 Å². The van der Waals surface area contributed by atoms with Crippen molar-refractivity contribution in [1.82, 2.24) is 29.7 Å². The van der Waals surface area contributed by atoms with E-state index in [0.717, 1.165) is 6.07 Å². The highest BCUT2D eigenvalue weighted by molar-refractivity contribution is 5.93. The molecule has 0 aliphatic carbocycles. The molecule has 0 atom stereocenters. The Hall–Kier alpha value is -3.76. The van der Waals surface area contributed by atoms with Crippen LogP contribution in [0.4, 0.5) is 11.6 Å². The molecule has 0 radical (unpaired) electrons. The van der Waals surface area contributed by atoms with Crippen LogP contribution < -0.4 is 21.5 Å². The lowest BCUT2D eigenvalue weighted by Crippen LogP contribution is -2.52. The lowest BCUT2D eigenvalue weighted by atomic mass is 9.99. The van der Waals surface area contributed by atoms with Crippen molar-refractivity contribution in [2.45, 2.75) is 0 Å². The Labute approximate surface area is 145 Å². The number of aromatic amines is 2. The third kappa shape index (κ3) is 3.09. The zero-order valence-corrected chi connectivity index (χ0v) is 13.4. The van der Waals surface area contributed by atoms with Gasteiger partial charge in [0.15, 0.2) is 5.82 Å². The predicted molar refractivity (Wildman–Crippen MR) is 91.2 cm³/mol. The number of nitrogens with one attached hydrogen (secondary N) is 3. The van der Waals surface area contributed by atoms with E-state index in [-0.39, 0.29) is 17.6 Å². The van der Waals surface area contributed by atoms with Crippen molar-refractivity contribution in [2.24, 2.45) is 5.92 Å². The van der Waals surface area contributed by atoms with Crippen LogP contribution in [-0.2, 0) is 4.79 Å². The maximum atomic E-state index is 12.2. The first-order chi connectivity index (χ1) is 12.6. The minimum atomic E-state index is -0.671. The van der Waals surface area contributed by atoms with Gasteiger partial charge in [-0.05, 0) is 6.07 Å². The topological polar surface area (TPSA) is 142 Å². The molecule has 1 aliphatic rings. The fourth-order valence-electron chi connectivity index (χ4n) is 2.64. The number of carbonyl (C=O) groups excluding carboxylic acids is 1. The van der Waals surface area contributed by atoms with Gasteiger partial charge in [0.1, 0.15) is 18.0 Å². The van der Waals surface area contributed by atoms with Crippen LogP contribution in [0.15, 0.2) is 46.5 Å². The molecule has 0 unspecified atom stereocenters. The summed E-state index contributed by atoms with van der Waals surface area (Å²) in [6, 6.07) is 4.70. The Morgan fingerprint density at radius 3 is 2.69 bits per heavy atom. The molecular formula is C15H14N8O3. The van der Waals surface area contributed by atoms with Crippen molar-refractivity contribution in [2.75, 3.05) is 23.3 Å². The molecule has 1 fully saturated rings. The van der Waals surface area contributed by atoms with Gasteiger partial charge in [0.2, 0.25) is 5.91 Å². The largest absolute Gasteiger partial charge is 0.355 e. The van der Waals surface area contributed by atoms with Crippen molar-refractivity contribution < 1.29 is 4.79 Å². The molecule has 0 aromatic carbocycles. The van der Waals surface area contributed by atoms with E-state index in [9.17, 15) is 14.4 Å². The van der Waals surface area contributed by atoms with Gasteiger partial charge >= 0.3 is 5.69 Å². The molecule has 0 bridgehead atoms. The molecule has 3 N–H and O–H groups in total. The molecule has 1 aliphatic heterocycles. The third-order valence-corrected chi connectivity index (χ3v) is 3.97. The first-order valence-corrected chi connectivity index (χ1v) is 7.80. The van der Waals surface area contributed by atoms with Crippen molar-refractivity contribution in [3.05, 3.63) is 57.8 Å². The molecule has 26 heavy (non-hydrogen) atoms. The SMILES string of the molecule is O=C(Nc1cc(=O)[nH]c(=O)[nH]1)C1CN(c2cc(-n3cccn3)ncn2)C1. The van der Waals surface area contributed by atoms with Crippen LogP contribution in [0.3, 0.4) is 0 Å². The van der Waals surface area contributed by atoms with E-state index in [1.54, 1.807) is 29.2 Å². The smallest absolute Gasteiger partial charge is 0.327 e. The van der Waals surface area contributed by atoms with Crippen LogP contribution in [0, 0.1) is 5.92 Å². The van der Waals surface area contributed by atoms with E-state index >= 15 is 0 Å². The Morgan fingerprint density at radius 1 is 1.15 bits per heavy atom. The van der Waals surface area contributed by atoms with Gasteiger partial charge in [0.25, 0.3) is 5.56 Å². The summed E-state index contributed by atoms with van der Waals surface area (Å²) in [6.45, 7) is 0.934. The summed E-state index contributed by atoms with van der Waals surface area (Å²) in [6.07, 6.45) is 4.88. The minimum Gasteiger partial charge on any atom is -0.355 e. The van der Waals surface area contributed by atoms with Gasteiger partial charge in [0.05, 0.1) is 5.92 Å². The van der Waals surface area contributed by atoms with Crippen molar-refractivity contribution in [3.8, 4) is 5.82 Å². The summed E-state index contributed by atoms with van der Waals surface area (Å²) in [5.41, 5.74) is -1.25. The highest BCUT2D eigenvalue weighted by Crippen LogP contribution is 2.24. The van der Waals surface area contributed by atoms with Crippen molar-refractivity contribution in [1.29, 1.82) is 0 Å². The third-order valence-electron chi connectivity index (χ3n) is 3.97. The van der Waals surface area contributed by atoms with E-state index < -0.39 is 11.2 Å². The Morgan fingerprint density at radius 2 is 1.96 bits per heavy atom. The van der Waals surface area contributed by atoms with Gasteiger partial charge in [-0.15, -0.1) is 0 Å². The summed E-state index contributed by atoms with van der Waals surface area (Å²) < 4.78 is 1.62. The van der Waals surface area contributed by atoms with E-state index in [1.807, 2.05) is 9.88 Å². The molecule has 11 nitrogen and oxygen atoms in total. The fourth-order valence-corrected chi connectivity index (χ4v) is 2.64. The molecule has 4 rings (SSSR count). The maximum Gasteiger partial charge on any atom is 0.327 e. The second kappa shape index (κ2) is 6.27. The fraction of sp³-hybridized carbons (Fsp3) is 0.200. The van der Waals surface area contributed by atoms with Gasteiger partial charge in [-0.1, -0.05) is 0 Å². The molecule has 0 saturated carbocycles. The van der Waals surface area contributed by atoms with Gasteiger partial charge in [-0.2, -0.15) is 5.10 Å². The number of H-pyrrole nitrogens is 2. The number of hydrogen-bond donors (Lipinski definition) is 3.